The zero-order valence-electron chi connectivity index (χ0n) is 18.8. The van der Waals surface area contributed by atoms with Crippen LogP contribution in [0.5, 0.6) is 0 Å². The van der Waals surface area contributed by atoms with E-state index in [2.05, 4.69) is 41.1 Å². The second-order valence-corrected chi connectivity index (χ2v) is 9.67. The number of amides is 1. The third-order valence-electron chi connectivity index (χ3n) is 6.22. The molecule has 0 radical (unpaired) electrons. The summed E-state index contributed by atoms with van der Waals surface area (Å²) in [5, 5.41) is 0.600. The standard InChI is InChI=1S/C26H26N4O2S/c1-18-7-6-10-21(15-18)28-11-13-29(14-12-28)22(31)16-30-17-27-25-24(26(30)32)23(19(2)33-25)20-8-4-3-5-9-20/h3-10,15,17H,11-14,16H2,1-2H3. The first kappa shape index (κ1) is 21.4. The van der Waals surface area contributed by atoms with Gasteiger partial charge in [0, 0.05) is 42.3 Å². The van der Waals surface area contributed by atoms with Crippen LogP contribution in [0.15, 0.2) is 65.7 Å². The lowest BCUT2D eigenvalue weighted by Gasteiger charge is -2.36. The lowest BCUT2D eigenvalue weighted by atomic mass is 10.0. The van der Waals surface area contributed by atoms with Crippen molar-refractivity contribution in [2.45, 2.75) is 20.4 Å². The highest BCUT2D eigenvalue weighted by Gasteiger charge is 2.23. The number of carbonyl (C=O) groups is 1. The van der Waals surface area contributed by atoms with Gasteiger partial charge in [-0.25, -0.2) is 4.98 Å². The first-order valence-corrected chi connectivity index (χ1v) is 12.0. The molecule has 1 aliphatic heterocycles. The van der Waals surface area contributed by atoms with Crippen LogP contribution >= 0.6 is 11.3 Å². The van der Waals surface area contributed by atoms with Gasteiger partial charge in [0.1, 0.15) is 11.4 Å². The minimum absolute atomic E-state index is 0.00927. The monoisotopic (exact) mass is 458 g/mol. The molecule has 1 saturated heterocycles. The summed E-state index contributed by atoms with van der Waals surface area (Å²) in [5.41, 5.74) is 4.18. The predicted octanol–water partition coefficient (Wildman–Crippen LogP) is 4.09. The largest absolute Gasteiger partial charge is 0.368 e. The van der Waals surface area contributed by atoms with Crippen LogP contribution < -0.4 is 10.5 Å². The molecule has 168 valence electrons. The van der Waals surface area contributed by atoms with Gasteiger partial charge in [0.2, 0.25) is 5.91 Å². The van der Waals surface area contributed by atoms with Crippen molar-refractivity contribution in [2.24, 2.45) is 0 Å². The second-order valence-electron chi connectivity index (χ2n) is 8.46. The zero-order valence-corrected chi connectivity index (χ0v) is 19.6. The molecule has 0 bridgehead atoms. The number of rotatable bonds is 4. The predicted molar refractivity (Wildman–Crippen MR) is 134 cm³/mol. The van der Waals surface area contributed by atoms with Crippen LogP contribution in [-0.2, 0) is 11.3 Å². The highest BCUT2D eigenvalue weighted by molar-refractivity contribution is 7.19. The molecule has 0 N–H and O–H groups in total. The van der Waals surface area contributed by atoms with E-state index < -0.39 is 0 Å². The molecule has 1 amide bonds. The number of aryl methyl sites for hydroxylation is 2. The first-order valence-electron chi connectivity index (χ1n) is 11.1. The Morgan fingerprint density at radius 1 is 1.00 bits per heavy atom. The molecule has 0 aliphatic carbocycles. The summed E-state index contributed by atoms with van der Waals surface area (Å²) >= 11 is 1.52. The fourth-order valence-electron chi connectivity index (χ4n) is 4.49. The normalized spacial score (nSPS) is 14.1. The number of nitrogens with zero attached hydrogens (tertiary/aromatic N) is 4. The Balaban J connectivity index is 1.35. The maximum atomic E-state index is 13.4. The molecule has 7 heteroatoms. The van der Waals surface area contributed by atoms with E-state index in [9.17, 15) is 9.59 Å². The van der Waals surface area contributed by atoms with Crippen LogP contribution in [0.4, 0.5) is 5.69 Å². The smallest absolute Gasteiger partial charge is 0.263 e. The molecule has 6 nitrogen and oxygen atoms in total. The lowest BCUT2D eigenvalue weighted by molar-refractivity contribution is -0.132. The number of carbonyl (C=O) groups excluding carboxylic acids is 1. The highest BCUT2D eigenvalue weighted by Crippen LogP contribution is 2.35. The molecule has 1 fully saturated rings. The molecule has 4 aromatic rings. The molecular weight excluding hydrogens is 432 g/mol. The average Bonchev–Trinajstić information content (AvgIpc) is 3.18. The Bertz CT molecular complexity index is 1370. The molecule has 5 rings (SSSR count). The Morgan fingerprint density at radius 2 is 1.76 bits per heavy atom. The van der Waals surface area contributed by atoms with E-state index in [-0.39, 0.29) is 18.0 Å². The van der Waals surface area contributed by atoms with E-state index in [1.807, 2.05) is 42.2 Å². The van der Waals surface area contributed by atoms with Gasteiger partial charge in [-0.1, -0.05) is 42.5 Å². The lowest BCUT2D eigenvalue weighted by Crippen LogP contribution is -2.50. The second kappa shape index (κ2) is 8.83. The fraction of sp³-hybridized carbons (Fsp3) is 0.269. The van der Waals surface area contributed by atoms with E-state index in [0.717, 1.165) is 29.1 Å². The van der Waals surface area contributed by atoms with Crippen molar-refractivity contribution in [3.8, 4) is 11.1 Å². The minimum atomic E-state index is -0.157. The molecule has 2 aromatic carbocycles. The summed E-state index contributed by atoms with van der Waals surface area (Å²) < 4.78 is 1.45. The van der Waals surface area contributed by atoms with Gasteiger partial charge in [0.05, 0.1) is 11.7 Å². The number of hydrogen-bond donors (Lipinski definition) is 0. The maximum Gasteiger partial charge on any atom is 0.263 e. The van der Waals surface area contributed by atoms with Crippen LogP contribution in [0.1, 0.15) is 10.4 Å². The summed E-state index contributed by atoms with van der Waals surface area (Å²) in [6.45, 7) is 6.96. The van der Waals surface area contributed by atoms with Crippen molar-refractivity contribution in [2.75, 3.05) is 31.1 Å². The third-order valence-corrected chi connectivity index (χ3v) is 7.24. The molecule has 0 saturated carbocycles. The molecule has 33 heavy (non-hydrogen) atoms. The molecule has 0 atom stereocenters. The van der Waals surface area contributed by atoms with Crippen LogP contribution in [0.3, 0.4) is 0 Å². The van der Waals surface area contributed by atoms with Crippen molar-refractivity contribution < 1.29 is 4.79 Å². The summed E-state index contributed by atoms with van der Waals surface area (Å²) in [6, 6.07) is 18.3. The molecule has 3 heterocycles. The summed E-state index contributed by atoms with van der Waals surface area (Å²) in [5.74, 6) is -0.0460. The van der Waals surface area contributed by atoms with Gasteiger partial charge in [-0.2, -0.15) is 0 Å². The van der Waals surface area contributed by atoms with Crippen molar-refractivity contribution in [3.05, 3.63) is 81.7 Å². The Kier molecular flexibility index (Phi) is 5.72. The van der Waals surface area contributed by atoms with E-state index in [0.29, 0.717) is 23.3 Å². The Morgan fingerprint density at radius 3 is 2.48 bits per heavy atom. The van der Waals surface area contributed by atoms with Crippen LogP contribution in [0.2, 0.25) is 0 Å². The van der Waals surface area contributed by atoms with Gasteiger partial charge in [-0.3, -0.25) is 14.2 Å². The van der Waals surface area contributed by atoms with Gasteiger partial charge >= 0.3 is 0 Å². The SMILES string of the molecule is Cc1cccc(N2CCN(C(=O)Cn3cnc4sc(C)c(-c5ccccc5)c4c3=O)CC2)c1. The Hall–Kier alpha value is -3.45. The maximum absolute atomic E-state index is 13.4. The average molecular weight is 459 g/mol. The number of thiophene rings is 1. The van der Waals surface area contributed by atoms with Crippen molar-refractivity contribution in [1.29, 1.82) is 0 Å². The van der Waals surface area contributed by atoms with Crippen molar-refractivity contribution in [3.63, 3.8) is 0 Å². The van der Waals surface area contributed by atoms with Crippen molar-refractivity contribution >= 4 is 33.1 Å². The van der Waals surface area contributed by atoms with Gasteiger partial charge in [0.15, 0.2) is 0 Å². The minimum Gasteiger partial charge on any atom is -0.368 e. The molecule has 1 aliphatic rings. The van der Waals surface area contributed by atoms with Crippen LogP contribution in [0, 0.1) is 13.8 Å². The molecule has 0 spiro atoms. The van der Waals surface area contributed by atoms with E-state index in [4.69, 9.17) is 0 Å². The summed E-state index contributed by atoms with van der Waals surface area (Å²) in [7, 11) is 0. The highest BCUT2D eigenvalue weighted by atomic mass is 32.1. The zero-order chi connectivity index (χ0) is 22.9. The molecular formula is C26H26N4O2S. The fourth-order valence-corrected chi connectivity index (χ4v) is 5.49. The van der Waals surface area contributed by atoms with Gasteiger partial charge in [-0.15, -0.1) is 11.3 Å². The topological polar surface area (TPSA) is 58.4 Å². The summed E-state index contributed by atoms with van der Waals surface area (Å²) in [4.78, 5) is 36.8. The number of piperazine rings is 1. The number of hydrogen-bond acceptors (Lipinski definition) is 5. The quantitative estimate of drug-likeness (QED) is 0.462. The Labute approximate surface area is 196 Å². The number of anilines is 1. The van der Waals surface area contributed by atoms with E-state index in [1.165, 1.54) is 33.5 Å². The van der Waals surface area contributed by atoms with E-state index in [1.54, 1.807) is 0 Å². The number of aromatic nitrogens is 2. The summed E-state index contributed by atoms with van der Waals surface area (Å²) in [6.07, 6.45) is 1.51. The van der Waals surface area contributed by atoms with Crippen LogP contribution in [-0.4, -0.2) is 46.5 Å². The van der Waals surface area contributed by atoms with Gasteiger partial charge in [-0.05, 0) is 37.1 Å². The van der Waals surface area contributed by atoms with Crippen LogP contribution in [0.25, 0.3) is 21.3 Å². The van der Waals surface area contributed by atoms with Gasteiger partial charge in [0.25, 0.3) is 5.56 Å². The van der Waals surface area contributed by atoms with Gasteiger partial charge < -0.3 is 9.80 Å². The van der Waals surface area contributed by atoms with E-state index >= 15 is 0 Å². The molecule has 2 aromatic heterocycles. The number of fused-ring (bicyclic) bond motifs is 1. The first-order chi connectivity index (χ1) is 16.0. The van der Waals surface area contributed by atoms with Crippen molar-refractivity contribution in [1.82, 2.24) is 14.5 Å². The number of benzene rings is 2. The molecule has 0 unspecified atom stereocenters. The third kappa shape index (κ3) is 4.16.